The van der Waals surface area contributed by atoms with Crippen LogP contribution in [0.25, 0.3) is 0 Å². The predicted molar refractivity (Wildman–Crippen MR) is 244 cm³/mol. The van der Waals surface area contributed by atoms with Gasteiger partial charge >= 0.3 is 19.8 Å². The third-order valence-corrected chi connectivity index (χ3v) is 10.7. The van der Waals surface area contributed by atoms with E-state index in [1.165, 1.54) is 64.2 Å². The van der Waals surface area contributed by atoms with Crippen LogP contribution in [-0.2, 0) is 32.7 Å². The number of carbonyl (C=O) groups excluding carboxylic acids is 2. The number of hydrogen-bond donors (Lipinski definition) is 2. The number of unbranched alkanes of at least 4 members (excludes halogenated alkanes) is 14. The third kappa shape index (κ3) is 43.6. The van der Waals surface area contributed by atoms with Gasteiger partial charge in [0.25, 0.3) is 0 Å². The number of hydrogen-bond acceptors (Lipinski definition) is 8. The quantitative estimate of drug-likeness (QED) is 0.0203. The Labute approximate surface area is 360 Å². The van der Waals surface area contributed by atoms with Gasteiger partial charge in [0.15, 0.2) is 6.10 Å². The number of aliphatic hydroxyl groups is 1. The molecule has 0 aromatic heterocycles. The number of quaternary nitrogens is 1. The summed E-state index contributed by atoms with van der Waals surface area (Å²) >= 11 is 0. The molecule has 0 aromatic rings. The molecule has 0 amide bonds. The average Bonchev–Trinajstić information content (AvgIpc) is 3.19. The normalized spacial score (nSPS) is 14.6. The number of allylic oxidation sites excluding steroid dienone is 10. The van der Waals surface area contributed by atoms with Gasteiger partial charge in [-0.15, -0.1) is 0 Å². The smallest absolute Gasteiger partial charge is 0.462 e. The van der Waals surface area contributed by atoms with Crippen molar-refractivity contribution in [2.24, 2.45) is 0 Å². The summed E-state index contributed by atoms with van der Waals surface area (Å²) in [4.78, 5) is 35.4. The van der Waals surface area contributed by atoms with Crippen LogP contribution in [0.4, 0.5) is 0 Å². The first kappa shape index (κ1) is 56.7. The van der Waals surface area contributed by atoms with E-state index in [2.05, 4.69) is 61.6 Å². The second kappa shape index (κ2) is 39.8. The molecule has 0 aliphatic heterocycles. The van der Waals surface area contributed by atoms with Crippen molar-refractivity contribution in [1.29, 1.82) is 0 Å². The molecule has 0 spiro atoms. The molecule has 342 valence electrons. The molecule has 1 unspecified atom stereocenters. The van der Waals surface area contributed by atoms with Crippen molar-refractivity contribution >= 4 is 19.8 Å². The number of rotatable bonds is 41. The standard InChI is InChI=1S/C48H86NO9P/c1-6-8-9-10-11-12-13-14-15-16-17-21-24-27-30-33-36-39-47(51)55-43-46(44-57-59(53,54)56-42-41-49(3,4)5)58-48(52)40-37-34-31-28-25-22-19-18-20-23-26-29-32-35-38-45(50)7-2/h14-15,19-20,22-23,28-29,31-32,45-46,50H,6-13,16-18,21,24-27,30,33-44H2,1-5H3/p+1/b15-14-,22-19-,23-20-,31-28-,32-29-/t45-,46-/m1/s1. The van der Waals surface area contributed by atoms with Crippen LogP contribution in [-0.4, -0.2) is 86.1 Å². The van der Waals surface area contributed by atoms with Crippen LogP contribution in [0.5, 0.6) is 0 Å². The molecule has 11 heteroatoms. The van der Waals surface area contributed by atoms with E-state index in [1.54, 1.807) is 0 Å². The summed E-state index contributed by atoms with van der Waals surface area (Å²) in [5.74, 6) is -0.890. The highest BCUT2D eigenvalue weighted by atomic mass is 31.2. The van der Waals surface area contributed by atoms with Crippen LogP contribution in [0.2, 0.25) is 0 Å². The number of phosphoric ester groups is 1. The van der Waals surface area contributed by atoms with Crippen LogP contribution in [0.1, 0.15) is 174 Å². The summed E-state index contributed by atoms with van der Waals surface area (Å²) in [5.41, 5.74) is 0. The van der Waals surface area contributed by atoms with Crippen molar-refractivity contribution in [3.05, 3.63) is 60.8 Å². The fourth-order valence-electron chi connectivity index (χ4n) is 5.86. The number of esters is 2. The SMILES string of the molecule is CCCCCCCC/C=C\CCCCCCCCCC(=O)OC[C@H](COP(=O)(O)OCC[N+](C)(C)C)OC(=O)CCC/C=C\C/C=C\C/C=C\C/C=C\CC[C@H](O)CC. The summed E-state index contributed by atoms with van der Waals surface area (Å²) in [5, 5.41) is 9.57. The molecular weight excluding hydrogens is 765 g/mol. The Morgan fingerprint density at radius 3 is 1.63 bits per heavy atom. The third-order valence-electron chi connectivity index (χ3n) is 9.68. The van der Waals surface area contributed by atoms with Gasteiger partial charge in [0.1, 0.15) is 19.8 Å². The molecule has 0 saturated carbocycles. The molecule has 0 radical (unpaired) electrons. The molecule has 0 aliphatic rings. The van der Waals surface area contributed by atoms with Gasteiger partial charge in [-0.05, 0) is 83.5 Å². The first-order chi connectivity index (χ1) is 28.4. The van der Waals surface area contributed by atoms with Crippen molar-refractivity contribution in [2.75, 3.05) is 47.5 Å². The number of phosphoric acid groups is 1. The van der Waals surface area contributed by atoms with Gasteiger partial charge in [-0.1, -0.05) is 139 Å². The Morgan fingerprint density at radius 1 is 0.593 bits per heavy atom. The molecular formula is C48H87NO9P+. The molecule has 0 saturated heterocycles. The summed E-state index contributed by atoms with van der Waals surface area (Å²) in [6, 6.07) is 0. The molecule has 0 bridgehead atoms. The van der Waals surface area contributed by atoms with Crippen molar-refractivity contribution in [3.63, 3.8) is 0 Å². The Kier molecular flexibility index (Phi) is 38.2. The lowest BCUT2D eigenvalue weighted by molar-refractivity contribution is -0.870. The van der Waals surface area contributed by atoms with Gasteiger partial charge < -0.3 is 24.0 Å². The van der Waals surface area contributed by atoms with E-state index in [-0.39, 0.29) is 32.2 Å². The largest absolute Gasteiger partial charge is 0.472 e. The molecule has 0 fully saturated rings. The van der Waals surface area contributed by atoms with Gasteiger partial charge in [-0.3, -0.25) is 18.6 Å². The first-order valence-electron chi connectivity index (χ1n) is 23.1. The average molecular weight is 853 g/mol. The van der Waals surface area contributed by atoms with E-state index in [9.17, 15) is 24.2 Å². The van der Waals surface area contributed by atoms with Gasteiger partial charge in [-0.25, -0.2) is 4.57 Å². The molecule has 0 heterocycles. The van der Waals surface area contributed by atoms with E-state index in [4.69, 9.17) is 18.5 Å². The maximum absolute atomic E-state index is 12.7. The zero-order valence-electron chi connectivity index (χ0n) is 38.1. The van der Waals surface area contributed by atoms with E-state index in [0.29, 0.717) is 23.9 Å². The molecule has 0 aliphatic carbocycles. The van der Waals surface area contributed by atoms with Crippen LogP contribution >= 0.6 is 7.82 Å². The maximum atomic E-state index is 12.7. The Morgan fingerprint density at radius 2 is 1.07 bits per heavy atom. The highest BCUT2D eigenvalue weighted by Crippen LogP contribution is 2.43. The monoisotopic (exact) mass is 853 g/mol. The predicted octanol–water partition coefficient (Wildman–Crippen LogP) is 12.2. The summed E-state index contributed by atoms with van der Waals surface area (Å²) in [6.07, 6.45) is 45.0. The Bertz CT molecular complexity index is 1210. The summed E-state index contributed by atoms with van der Waals surface area (Å²) in [7, 11) is 1.41. The Balaban J connectivity index is 4.45. The lowest BCUT2D eigenvalue weighted by Crippen LogP contribution is -2.37. The van der Waals surface area contributed by atoms with Gasteiger partial charge in [0.2, 0.25) is 0 Å². The number of aliphatic hydroxyl groups excluding tert-OH is 1. The highest BCUT2D eigenvalue weighted by Gasteiger charge is 2.27. The molecule has 10 nitrogen and oxygen atoms in total. The van der Waals surface area contributed by atoms with E-state index in [1.807, 2.05) is 34.1 Å². The number of likely N-dealkylation sites (N-methyl/N-ethyl adjacent to an activating group) is 1. The summed E-state index contributed by atoms with van der Waals surface area (Å²) < 4.78 is 34.2. The lowest BCUT2D eigenvalue weighted by Gasteiger charge is -2.24. The summed E-state index contributed by atoms with van der Waals surface area (Å²) in [6.45, 7) is 4.05. The van der Waals surface area contributed by atoms with Gasteiger partial charge in [-0.2, -0.15) is 0 Å². The zero-order chi connectivity index (χ0) is 43.7. The van der Waals surface area contributed by atoms with Crippen LogP contribution in [0.3, 0.4) is 0 Å². The highest BCUT2D eigenvalue weighted by molar-refractivity contribution is 7.47. The topological polar surface area (TPSA) is 129 Å². The molecule has 3 atom stereocenters. The van der Waals surface area contributed by atoms with Crippen molar-refractivity contribution in [1.82, 2.24) is 0 Å². The van der Waals surface area contributed by atoms with Crippen LogP contribution in [0, 0.1) is 0 Å². The fourth-order valence-corrected chi connectivity index (χ4v) is 6.60. The minimum absolute atomic E-state index is 0.0124. The second-order valence-corrected chi connectivity index (χ2v) is 18.0. The van der Waals surface area contributed by atoms with E-state index >= 15 is 0 Å². The minimum atomic E-state index is -4.40. The minimum Gasteiger partial charge on any atom is -0.462 e. The maximum Gasteiger partial charge on any atom is 0.472 e. The molecule has 0 aromatic carbocycles. The van der Waals surface area contributed by atoms with Crippen LogP contribution < -0.4 is 0 Å². The number of nitrogens with zero attached hydrogens (tertiary/aromatic N) is 1. The lowest BCUT2D eigenvalue weighted by atomic mass is 10.1. The van der Waals surface area contributed by atoms with E-state index < -0.39 is 32.5 Å². The van der Waals surface area contributed by atoms with Gasteiger partial charge in [0.05, 0.1) is 33.9 Å². The van der Waals surface area contributed by atoms with Crippen molar-refractivity contribution in [3.8, 4) is 0 Å². The van der Waals surface area contributed by atoms with Crippen molar-refractivity contribution in [2.45, 2.75) is 187 Å². The second-order valence-electron chi connectivity index (χ2n) is 16.6. The number of ether oxygens (including phenoxy) is 2. The zero-order valence-corrected chi connectivity index (χ0v) is 39.0. The fraction of sp³-hybridized carbons (Fsp3) is 0.750. The molecule has 2 N–H and O–H groups in total. The molecule has 0 rings (SSSR count). The van der Waals surface area contributed by atoms with Gasteiger partial charge in [0, 0.05) is 12.8 Å². The molecule has 59 heavy (non-hydrogen) atoms. The van der Waals surface area contributed by atoms with Crippen molar-refractivity contribution < 1.29 is 47.2 Å². The first-order valence-corrected chi connectivity index (χ1v) is 24.6. The van der Waals surface area contributed by atoms with Crippen LogP contribution in [0.15, 0.2) is 60.8 Å². The van der Waals surface area contributed by atoms with E-state index in [0.717, 1.165) is 70.6 Å². The Hall–Kier alpha value is -2.33. The number of carbonyl (C=O) groups is 2.